The molecule has 0 fully saturated rings. The topological polar surface area (TPSA) is 154 Å². The van der Waals surface area contributed by atoms with E-state index in [1.165, 1.54) is 12.5 Å². The molecule has 10 heteroatoms. The molecule has 2 aromatic carbocycles. The highest BCUT2D eigenvalue weighted by Crippen LogP contribution is 2.44. The molecule has 1 heterocycles. The zero-order valence-corrected chi connectivity index (χ0v) is 18.8. The highest BCUT2D eigenvalue weighted by Gasteiger charge is 2.31. The average Bonchev–Trinajstić information content (AvgIpc) is 3.48. The molecule has 0 aliphatic heterocycles. The minimum atomic E-state index is -1.29. The Balaban J connectivity index is 1.44. The highest BCUT2D eigenvalue weighted by molar-refractivity contribution is 5.89. The van der Waals surface area contributed by atoms with Crippen molar-refractivity contribution in [2.45, 2.75) is 30.8 Å². The van der Waals surface area contributed by atoms with Crippen LogP contribution in [0.15, 0.2) is 61.1 Å². The predicted octanol–water partition coefficient (Wildman–Crippen LogP) is 1.81. The zero-order chi connectivity index (χ0) is 24.8. The maximum Gasteiger partial charge on any atom is 0.407 e. The van der Waals surface area contributed by atoms with E-state index in [9.17, 15) is 19.5 Å². The molecule has 1 aromatic heterocycles. The second-order valence-corrected chi connectivity index (χ2v) is 8.22. The van der Waals surface area contributed by atoms with E-state index in [0.29, 0.717) is 5.69 Å². The number of carbonyl (C=O) groups is 3. The van der Waals surface area contributed by atoms with E-state index < -0.39 is 36.7 Å². The van der Waals surface area contributed by atoms with Gasteiger partial charge in [-0.15, -0.1) is 0 Å². The molecule has 3 aromatic rings. The molecule has 2 amide bonds. The number of hydrogen-bond donors (Lipinski definition) is 5. The Morgan fingerprint density at radius 2 is 1.66 bits per heavy atom. The van der Waals surface area contributed by atoms with Gasteiger partial charge in [-0.3, -0.25) is 4.79 Å². The van der Waals surface area contributed by atoms with Crippen LogP contribution in [0.3, 0.4) is 0 Å². The fraction of sp³-hybridized carbons (Fsp3) is 0.280. The van der Waals surface area contributed by atoms with Crippen molar-refractivity contribution < 1.29 is 29.3 Å². The lowest BCUT2D eigenvalue weighted by Gasteiger charge is -2.21. The van der Waals surface area contributed by atoms with Gasteiger partial charge in [0.05, 0.1) is 6.33 Å². The molecule has 4 rings (SSSR count). The number of H-pyrrole nitrogens is 1. The third-order valence-corrected chi connectivity index (χ3v) is 5.96. The van der Waals surface area contributed by atoms with Gasteiger partial charge in [-0.25, -0.2) is 14.6 Å². The normalized spacial score (nSPS) is 13.9. The number of aliphatic carboxylic acids is 1. The third kappa shape index (κ3) is 5.49. The second-order valence-electron chi connectivity index (χ2n) is 8.22. The number of carboxylic acid groups (broad SMARTS) is 1. The van der Waals surface area contributed by atoms with E-state index in [2.05, 4.69) is 20.6 Å². The molecule has 0 unspecified atom stereocenters. The molecule has 5 N–H and O–H groups in total. The lowest BCUT2D eigenvalue weighted by molar-refractivity contribution is -0.142. The van der Waals surface area contributed by atoms with Crippen LogP contribution in [-0.2, 0) is 20.7 Å². The first kappa shape index (κ1) is 24.0. The molecule has 1 aliphatic carbocycles. The molecule has 10 nitrogen and oxygen atoms in total. The summed E-state index contributed by atoms with van der Waals surface area (Å²) in [5.74, 6) is -2.14. The van der Waals surface area contributed by atoms with Crippen molar-refractivity contribution in [1.29, 1.82) is 0 Å². The molecule has 2 atom stereocenters. The molecule has 0 spiro atoms. The number of carbonyl (C=O) groups excluding carboxylic acids is 2. The number of carboxylic acids is 1. The van der Waals surface area contributed by atoms with E-state index in [4.69, 9.17) is 9.84 Å². The van der Waals surface area contributed by atoms with Gasteiger partial charge in [0.25, 0.3) is 0 Å². The lowest BCUT2D eigenvalue weighted by atomic mass is 9.98. The molecule has 0 bridgehead atoms. The Hall–Kier alpha value is -4.18. The number of aromatic amines is 1. The summed E-state index contributed by atoms with van der Waals surface area (Å²) in [6.07, 6.45) is 2.01. The van der Waals surface area contributed by atoms with Gasteiger partial charge >= 0.3 is 12.1 Å². The number of aliphatic hydroxyl groups is 1. The maximum absolute atomic E-state index is 12.8. The summed E-state index contributed by atoms with van der Waals surface area (Å²) in [7, 11) is 0. The van der Waals surface area contributed by atoms with Gasteiger partial charge < -0.3 is 30.6 Å². The largest absolute Gasteiger partial charge is 0.480 e. The Labute approximate surface area is 201 Å². The first-order valence-corrected chi connectivity index (χ1v) is 11.2. The van der Waals surface area contributed by atoms with Crippen molar-refractivity contribution in [3.63, 3.8) is 0 Å². The number of benzene rings is 2. The van der Waals surface area contributed by atoms with Crippen LogP contribution in [0.5, 0.6) is 0 Å². The summed E-state index contributed by atoms with van der Waals surface area (Å²) in [5, 5.41) is 23.3. The number of aromatic nitrogens is 2. The fourth-order valence-corrected chi connectivity index (χ4v) is 4.27. The van der Waals surface area contributed by atoms with E-state index in [0.717, 1.165) is 22.3 Å². The number of fused-ring (bicyclic) bond motifs is 3. The van der Waals surface area contributed by atoms with Crippen LogP contribution in [0.25, 0.3) is 11.1 Å². The van der Waals surface area contributed by atoms with Crippen molar-refractivity contribution in [3.05, 3.63) is 77.9 Å². The number of ether oxygens (including phenoxy) is 1. The molecule has 35 heavy (non-hydrogen) atoms. The van der Waals surface area contributed by atoms with Crippen molar-refractivity contribution in [3.8, 4) is 11.1 Å². The van der Waals surface area contributed by atoms with Gasteiger partial charge in [0.2, 0.25) is 5.91 Å². The Morgan fingerprint density at radius 1 is 1.00 bits per heavy atom. The van der Waals surface area contributed by atoms with Gasteiger partial charge in [-0.2, -0.15) is 0 Å². The van der Waals surface area contributed by atoms with E-state index in [-0.39, 0.29) is 25.4 Å². The lowest BCUT2D eigenvalue weighted by Crippen LogP contribution is -2.52. The Morgan fingerprint density at radius 3 is 2.23 bits per heavy atom. The fourth-order valence-electron chi connectivity index (χ4n) is 4.27. The smallest absolute Gasteiger partial charge is 0.407 e. The Bertz CT molecular complexity index is 1150. The van der Waals surface area contributed by atoms with Crippen molar-refractivity contribution in [1.82, 2.24) is 20.6 Å². The summed E-state index contributed by atoms with van der Waals surface area (Å²) in [6.45, 7) is -0.344. The molecule has 0 saturated carbocycles. The molecule has 0 saturated heterocycles. The van der Waals surface area contributed by atoms with Crippen LogP contribution >= 0.6 is 0 Å². The predicted molar refractivity (Wildman–Crippen MR) is 126 cm³/mol. The molecular weight excluding hydrogens is 452 g/mol. The van der Waals surface area contributed by atoms with Crippen LogP contribution in [0.1, 0.15) is 29.2 Å². The van der Waals surface area contributed by atoms with Crippen LogP contribution in [-0.4, -0.2) is 63.4 Å². The average molecular weight is 479 g/mol. The number of nitrogens with one attached hydrogen (secondary N) is 3. The van der Waals surface area contributed by atoms with E-state index in [1.807, 2.05) is 48.5 Å². The van der Waals surface area contributed by atoms with Crippen molar-refractivity contribution in [2.24, 2.45) is 0 Å². The van der Waals surface area contributed by atoms with Crippen LogP contribution in [0, 0.1) is 0 Å². The number of imidazole rings is 1. The van der Waals surface area contributed by atoms with Gasteiger partial charge in [0, 0.05) is 37.3 Å². The second kappa shape index (κ2) is 10.8. The number of rotatable bonds is 10. The number of hydrogen-bond acceptors (Lipinski definition) is 6. The number of nitrogens with zero attached hydrogens (tertiary/aromatic N) is 1. The number of alkyl carbamates (subject to hydrolysis) is 1. The van der Waals surface area contributed by atoms with Gasteiger partial charge in [-0.1, -0.05) is 48.5 Å². The monoisotopic (exact) mass is 478 g/mol. The summed E-state index contributed by atoms with van der Waals surface area (Å²) in [6, 6.07) is 13.5. The summed E-state index contributed by atoms with van der Waals surface area (Å²) >= 11 is 0. The standard InChI is InChI=1S/C25H26N4O6/c30-10-9-21(24(32)33)28-23(31)22(11-15-12-26-14-27-15)29-25(34)35-13-20-18-7-3-1-5-16(18)17-6-2-4-8-19(17)20/h1-8,12,14,20-22,30H,9-11,13H2,(H,26,27)(H,28,31)(H,29,34)(H,32,33)/t21-,22+/m0/s1. The van der Waals surface area contributed by atoms with E-state index >= 15 is 0 Å². The summed E-state index contributed by atoms with van der Waals surface area (Å²) in [5.41, 5.74) is 4.87. The van der Waals surface area contributed by atoms with Crippen LogP contribution < -0.4 is 10.6 Å². The SMILES string of the molecule is O=C(N[C@H](Cc1cnc[nH]1)C(=O)N[C@@H](CCO)C(=O)O)OCC1c2ccccc2-c2ccccc21. The third-order valence-electron chi connectivity index (χ3n) is 5.96. The molecule has 1 aliphatic rings. The van der Waals surface area contributed by atoms with Crippen LogP contribution in [0.2, 0.25) is 0 Å². The highest BCUT2D eigenvalue weighted by atomic mass is 16.5. The first-order chi connectivity index (χ1) is 17.0. The summed E-state index contributed by atoms with van der Waals surface area (Å²) < 4.78 is 5.53. The van der Waals surface area contributed by atoms with E-state index in [1.54, 1.807) is 0 Å². The van der Waals surface area contributed by atoms with Crippen molar-refractivity contribution in [2.75, 3.05) is 13.2 Å². The minimum absolute atomic E-state index is 0.0431. The van der Waals surface area contributed by atoms with Gasteiger partial charge in [-0.05, 0) is 22.3 Å². The van der Waals surface area contributed by atoms with Gasteiger partial charge in [0.15, 0.2) is 0 Å². The number of aliphatic hydroxyl groups excluding tert-OH is 1. The first-order valence-electron chi connectivity index (χ1n) is 11.2. The van der Waals surface area contributed by atoms with Crippen molar-refractivity contribution >= 4 is 18.0 Å². The molecule has 182 valence electrons. The zero-order valence-electron chi connectivity index (χ0n) is 18.8. The maximum atomic E-state index is 12.8. The Kier molecular flexibility index (Phi) is 7.41. The van der Waals surface area contributed by atoms with Crippen LogP contribution in [0.4, 0.5) is 4.79 Å². The molecule has 0 radical (unpaired) electrons. The minimum Gasteiger partial charge on any atom is -0.480 e. The number of amides is 2. The molecular formula is C25H26N4O6. The quantitative estimate of drug-likeness (QED) is 0.298. The van der Waals surface area contributed by atoms with Gasteiger partial charge in [0.1, 0.15) is 18.7 Å². The summed E-state index contributed by atoms with van der Waals surface area (Å²) in [4.78, 5) is 43.7.